The zero-order valence-corrected chi connectivity index (χ0v) is 23.1. The van der Waals surface area contributed by atoms with Gasteiger partial charge in [0.25, 0.3) is 5.92 Å². The molecule has 2 saturated carbocycles. The number of hydrogen-bond acceptors (Lipinski definition) is 2. The van der Waals surface area contributed by atoms with Crippen LogP contribution in [0.3, 0.4) is 0 Å². The minimum Gasteiger partial charge on any atom is -0.406 e. The first-order valence-corrected chi connectivity index (χ1v) is 15.7. The lowest BCUT2D eigenvalue weighted by Gasteiger charge is -2.45. The summed E-state index contributed by atoms with van der Waals surface area (Å²) < 4.78 is 37.3. The molecule has 7 heteroatoms. The van der Waals surface area contributed by atoms with Crippen LogP contribution >= 0.6 is 0 Å². The van der Waals surface area contributed by atoms with E-state index in [0.717, 1.165) is 50.2 Å². The number of rotatable bonds is 12. The molecule has 0 spiro atoms. The van der Waals surface area contributed by atoms with Gasteiger partial charge in [-0.15, -0.1) is 0 Å². The van der Waals surface area contributed by atoms with E-state index < -0.39 is 19.8 Å². The standard InChI is InChI=1S/C26H47F2N3OSi/c1-8-33(9-2,10-3)32-24(5,6)26(27,28)18-15-20(4)22-13-14-23-21(16-19-30-31-29)12-11-17-25(22,23)7/h16,20,22-23H,8-15,17-19H2,1-7H3/b21-16+/t20-,22-,23+,25-/m1/s1. The summed E-state index contributed by atoms with van der Waals surface area (Å²) in [7, 11) is -2.12. The molecule has 0 N–H and O–H groups in total. The fourth-order valence-electron chi connectivity index (χ4n) is 6.95. The number of nitrogens with zero attached hydrogens (tertiary/aromatic N) is 3. The Balaban J connectivity index is 2.08. The second kappa shape index (κ2) is 11.2. The predicted molar refractivity (Wildman–Crippen MR) is 136 cm³/mol. The van der Waals surface area contributed by atoms with Crippen molar-refractivity contribution < 1.29 is 13.2 Å². The molecule has 4 atom stereocenters. The quantitative estimate of drug-likeness (QED) is 0.0896. The Labute approximate surface area is 201 Å². The highest BCUT2D eigenvalue weighted by atomic mass is 28.4. The molecule has 4 nitrogen and oxygen atoms in total. The first-order valence-electron chi connectivity index (χ1n) is 13.2. The zero-order valence-electron chi connectivity index (χ0n) is 22.1. The summed E-state index contributed by atoms with van der Waals surface area (Å²) in [5.41, 5.74) is 8.76. The normalized spacial score (nSPS) is 28.5. The maximum atomic E-state index is 15.5. The molecule has 0 aliphatic heterocycles. The fourth-order valence-corrected chi connectivity index (χ4v) is 10.1. The van der Waals surface area contributed by atoms with Gasteiger partial charge in [0.1, 0.15) is 5.60 Å². The molecule has 0 bridgehead atoms. The molecule has 0 unspecified atom stereocenters. The van der Waals surface area contributed by atoms with E-state index in [4.69, 9.17) is 9.96 Å². The van der Waals surface area contributed by atoms with Gasteiger partial charge in [-0.3, -0.25) is 0 Å². The minimum atomic E-state index is -2.84. The summed E-state index contributed by atoms with van der Waals surface area (Å²) in [6, 6.07) is 2.65. The Bertz CT molecular complexity index is 723. The van der Waals surface area contributed by atoms with E-state index >= 15 is 8.78 Å². The summed E-state index contributed by atoms with van der Waals surface area (Å²) in [6.45, 7) is 14.5. The molecule has 2 fully saturated rings. The molecular formula is C26H47F2N3OSi. The Kier molecular flexibility index (Phi) is 9.63. The maximum Gasteiger partial charge on any atom is 0.274 e. The van der Waals surface area contributed by atoms with Crippen LogP contribution in [0.5, 0.6) is 0 Å². The smallest absolute Gasteiger partial charge is 0.274 e. The lowest BCUT2D eigenvalue weighted by Crippen LogP contribution is -2.53. The molecule has 190 valence electrons. The van der Waals surface area contributed by atoms with Gasteiger partial charge in [0.05, 0.1) is 0 Å². The van der Waals surface area contributed by atoms with Crippen LogP contribution in [0, 0.1) is 23.2 Å². The molecule has 2 aliphatic rings. The highest BCUT2D eigenvalue weighted by molar-refractivity contribution is 6.73. The van der Waals surface area contributed by atoms with Crippen LogP contribution in [-0.4, -0.2) is 26.4 Å². The minimum absolute atomic E-state index is 0.111. The van der Waals surface area contributed by atoms with Gasteiger partial charge in [0, 0.05) is 17.9 Å². The molecule has 0 aromatic rings. The zero-order chi connectivity index (χ0) is 24.9. The van der Waals surface area contributed by atoms with Crippen molar-refractivity contribution in [2.75, 3.05) is 6.54 Å². The second-order valence-electron chi connectivity index (χ2n) is 11.4. The van der Waals surface area contributed by atoms with Crippen molar-refractivity contribution in [2.24, 2.45) is 28.3 Å². The Hall–Kier alpha value is -0.913. The molecular weight excluding hydrogens is 436 g/mol. The molecule has 2 rings (SSSR count). The van der Waals surface area contributed by atoms with Gasteiger partial charge in [-0.05, 0) is 99.2 Å². The molecule has 0 amide bonds. The molecule has 0 heterocycles. The largest absolute Gasteiger partial charge is 0.406 e. The lowest BCUT2D eigenvalue weighted by molar-refractivity contribution is -0.159. The van der Waals surface area contributed by atoms with E-state index in [1.807, 2.05) is 0 Å². The third-order valence-corrected chi connectivity index (χ3v) is 14.2. The van der Waals surface area contributed by atoms with Crippen molar-refractivity contribution in [3.8, 4) is 0 Å². The molecule has 0 aromatic heterocycles. The summed E-state index contributed by atoms with van der Waals surface area (Å²) in [4.78, 5) is 2.87. The van der Waals surface area contributed by atoms with E-state index in [2.05, 4.69) is 50.7 Å². The molecule has 33 heavy (non-hydrogen) atoms. The summed E-state index contributed by atoms with van der Waals surface area (Å²) in [5.74, 6) is -1.63. The SMILES string of the molecule is CC[Si](CC)(CC)OC(C)(C)C(F)(F)CC[C@@H](C)[C@H]1CC[C@H]2/C(=C/CN=[N+]=[N-])CCC[C@]12C. The van der Waals surface area contributed by atoms with Gasteiger partial charge in [-0.25, -0.2) is 8.78 Å². The van der Waals surface area contributed by atoms with Gasteiger partial charge >= 0.3 is 0 Å². The van der Waals surface area contributed by atoms with Crippen LogP contribution < -0.4 is 0 Å². The number of hydrogen-bond donors (Lipinski definition) is 0. The monoisotopic (exact) mass is 483 g/mol. The average Bonchev–Trinajstić information content (AvgIpc) is 3.14. The number of alkyl halides is 2. The molecule has 0 radical (unpaired) electrons. The Morgan fingerprint density at radius 1 is 1.24 bits per heavy atom. The van der Waals surface area contributed by atoms with Crippen LogP contribution in [0.25, 0.3) is 10.4 Å². The van der Waals surface area contributed by atoms with E-state index in [9.17, 15) is 0 Å². The predicted octanol–water partition coefficient (Wildman–Crippen LogP) is 9.29. The van der Waals surface area contributed by atoms with Crippen LogP contribution in [0.15, 0.2) is 16.8 Å². The summed E-state index contributed by atoms with van der Waals surface area (Å²) in [5, 5.41) is 3.69. The van der Waals surface area contributed by atoms with Crippen molar-refractivity contribution in [1.29, 1.82) is 0 Å². The van der Waals surface area contributed by atoms with Gasteiger partial charge in [0.15, 0.2) is 8.32 Å². The highest BCUT2D eigenvalue weighted by Gasteiger charge is 2.53. The van der Waals surface area contributed by atoms with E-state index in [1.165, 1.54) is 5.57 Å². The third kappa shape index (κ3) is 6.02. The molecule has 2 aliphatic carbocycles. The van der Waals surface area contributed by atoms with Crippen molar-refractivity contribution in [3.05, 3.63) is 22.1 Å². The van der Waals surface area contributed by atoms with Gasteiger partial charge in [-0.2, -0.15) is 0 Å². The number of azide groups is 1. The third-order valence-electron chi connectivity index (χ3n) is 9.42. The number of fused-ring (bicyclic) bond motifs is 1. The van der Waals surface area contributed by atoms with Crippen LogP contribution in [0.2, 0.25) is 18.1 Å². The second-order valence-corrected chi connectivity index (χ2v) is 16.1. The van der Waals surface area contributed by atoms with Crippen molar-refractivity contribution in [2.45, 2.75) is 123 Å². The lowest BCUT2D eigenvalue weighted by atomic mass is 9.60. The topological polar surface area (TPSA) is 58.0 Å². The van der Waals surface area contributed by atoms with Crippen molar-refractivity contribution >= 4 is 8.32 Å². The summed E-state index contributed by atoms with van der Waals surface area (Å²) in [6.07, 6.45) is 8.13. The van der Waals surface area contributed by atoms with Crippen molar-refractivity contribution in [3.63, 3.8) is 0 Å². The summed E-state index contributed by atoms with van der Waals surface area (Å²) >= 11 is 0. The average molecular weight is 484 g/mol. The number of allylic oxidation sites excluding steroid dienone is 1. The molecule has 0 saturated heterocycles. The van der Waals surface area contributed by atoms with Crippen molar-refractivity contribution in [1.82, 2.24) is 0 Å². The number of halogens is 2. The fraction of sp³-hybridized carbons (Fsp3) is 0.923. The highest BCUT2D eigenvalue weighted by Crippen LogP contribution is 2.60. The van der Waals surface area contributed by atoms with E-state index in [1.54, 1.807) is 13.8 Å². The first-order chi connectivity index (χ1) is 15.4. The first kappa shape index (κ1) is 28.3. The van der Waals surface area contributed by atoms with Crippen LogP contribution in [0.1, 0.15) is 93.4 Å². The Morgan fingerprint density at radius 2 is 1.88 bits per heavy atom. The maximum absolute atomic E-state index is 15.5. The van der Waals surface area contributed by atoms with E-state index in [-0.39, 0.29) is 17.8 Å². The van der Waals surface area contributed by atoms with Crippen LogP contribution in [-0.2, 0) is 4.43 Å². The Morgan fingerprint density at radius 3 is 2.45 bits per heavy atom. The van der Waals surface area contributed by atoms with Crippen LogP contribution in [0.4, 0.5) is 8.78 Å². The van der Waals surface area contributed by atoms with Gasteiger partial charge in [-0.1, -0.05) is 51.4 Å². The van der Waals surface area contributed by atoms with Gasteiger partial charge in [0.2, 0.25) is 0 Å². The van der Waals surface area contributed by atoms with Gasteiger partial charge < -0.3 is 4.43 Å². The van der Waals surface area contributed by atoms with E-state index in [0.29, 0.717) is 24.8 Å². The molecule has 0 aromatic carbocycles.